The molecular weight excluding hydrogens is 593 g/mol. The molecule has 0 aliphatic heterocycles. The Kier molecular flexibility index (Phi) is 22.2. The SMILES string of the molecule is CCCCCCCCCCCCCCCCCCCC(c1[nH]cc[n+]1CCCCCCCCC)C(C)(Cc1ccccc1)c1ccccc1. The van der Waals surface area contributed by atoms with E-state index in [9.17, 15) is 0 Å². The zero-order valence-corrected chi connectivity index (χ0v) is 32.5. The first-order valence-electron chi connectivity index (χ1n) is 21.3. The van der Waals surface area contributed by atoms with E-state index in [1.165, 1.54) is 177 Å². The normalized spacial score (nSPS) is 13.4. The molecule has 49 heavy (non-hydrogen) atoms. The number of rotatable bonds is 31. The van der Waals surface area contributed by atoms with Crippen molar-refractivity contribution in [3.8, 4) is 0 Å². The molecule has 2 heteroatoms. The van der Waals surface area contributed by atoms with E-state index < -0.39 is 0 Å². The molecule has 0 radical (unpaired) electrons. The van der Waals surface area contributed by atoms with Crippen molar-refractivity contribution in [3.63, 3.8) is 0 Å². The summed E-state index contributed by atoms with van der Waals surface area (Å²) >= 11 is 0. The topological polar surface area (TPSA) is 19.7 Å². The minimum absolute atomic E-state index is 0.00439. The number of nitrogens with zero attached hydrogens (tertiary/aromatic N) is 1. The highest BCUT2D eigenvalue weighted by atomic mass is 15.1. The molecule has 2 aromatic carbocycles. The van der Waals surface area contributed by atoms with Gasteiger partial charge < -0.3 is 0 Å². The second kappa shape index (κ2) is 26.5. The molecule has 1 N–H and O–H groups in total. The van der Waals surface area contributed by atoms with Crippen LogP contribution in [0.4, 0.5) is 0 Å². The lowest BCUT2D eigenvalue weighted by molar-refractivity contribution is -0.705. The Labute approximate surface area is 304 Å². The van der Waals surface area contributed by atoms with Crippen LogP contribution in [0, 0.1) is 0 Å². The zero-order valence-electron chi connectivity index (χ0n) is 32.5. The van der Waals surface area contributed by atoms with E-state index in [0.717, 1.165) is 13.0 Å². The van der Waals surface area contributed by atoms with Crippen LogP contribution in [0.3, 0.4) is 0 Å². The van der Waals surface area contributed by atoms with Crippen molar-refractivity contribution in [1.29, 1.82) is 0 Å². The van der Waals surface area contributed by atoms with E-state index in [4.69, 9.17) is 0 Å². The number of hydrogen-bond acceptors (Lipinski definition) is 0. The van der Waals surface area contributed by atoms with Crippen molar-refractivity contribution in [1.82, 2.24) is 4.98 Å². The van der Waals surface area contributed by atoms with Crippen LogP contribution in [0.25, 0.3) is 0 Å². The molecule has 1 aromatic heterocycles. The number of aromatic nitrogens is 2. The van der Waals surface area contributed by atoms with Crippen molar-refractivity contribution < 1.29 is 4.57 Å². The number of nitrogens with one attached hydrogen (secondary N) is 1. The van der Waals surface area contributed by atoms with Crippen LogP contribution >= 0.6 is 0 Å². The largest absolute Gasteiger partial charge is 0.258 e. The molecular formula is C47H77N2+. The lowest BCUT2D eigenvalue weighted by Gasteiger charge is -2.37. The van der Waals surface area contributed by atoms with Crippen molar-refractivity contribution in [2.75, 3.05) is 0 Å². The summed E-state index contributed by atoms with van der Waals surface area (Å²) in [6.07, 6.45) is 40.5. The number of imidazole rings is 1. The quantitative estimate of drug-likeness (QED) is 0.0519. The first-order chi connectivity index (χ1) is 24.2. The Hall–Kier alpha value is -2.35. The molecule has 3 rings (SSSR count). The van der Waals surface area contributed by atoms with Gasteiger partial charge >= 0.3 is 0 Å². The summed E-state index contributed by atoms with van der Waals surface area (Å²) < 4.78 is 2.58. The van der Waals surface area contributed by atoms with Crippen molar-refractivity contribution in [3.05, 3.63) is 90.0 Å². The summed E-state index contributed by atoms with van der Waals surface area (Å²) in [6.45, 7) is 8.29. The second-order valence-electron chi connectivity index (χ2n) is 15.6. The van der Waals surface area contributed by atoms with Crippen LogP contribution in [0.2, 0.25) is 0 Å². The third kappa shape index (κ3) is 16.5. The number of hydrogen-bond donors (Lipinski definition) is 1. The summed E-state index contributed by atoms with van der Waals surface area (Å²) in [5.41, 5.74) is 2.91. The van der Waals surface area contributed by atoms with Gasteiger partial charge in [-0.1, -0.05) is 223 Å². The molecule has 0 saturated carbocycles. The molecule has 0 aliphatic carbocycles. The van der Waals surface area contributed by atoms with E-state index in [0.29, 0.717) is 5.92 Å². The summed E-state index contributed by atoms with van der Waals surface area (Å²) in [5, 5.41) is 0. The van der Waals surface area contributed by atoms with Crippen LogP contribution in [-0.2, 0) is 18.4 Å². The minimum Gasteiger partial charge on any atom is -0.247 e. The van der Waals surface area contributed by atoms with Crippen molar-refractivity contribution in [2.45, 2.75) is 206 Å². The van der Waals surface area contributed by atoms with Gasteiger partial charge in [0.1, 0.15) is 12.4 Å². The molecule has 2 nitrogen and oxygen atoms in total. The number of aromatic amines is 1. The van der Waals surface area contributed by atoms with E-state index in [-0.39, 0.29) is 5.41 Å². The standard InChI is InChI=1S/C47H76N2/c1-4-6-8-10-12-13-14-15-16-17-18-19-20-21-22-24-32-38-45(46-48-39-41-49(46)40-33-25-23-11-9-7-5-2)47(3,44-36-30-27-31-37-44)42-43-34-28-26-29-35-43/h26-31,34-37,39,41,45H,4-25,32-33,38,40,42H2,1-3H3/p+1. The van der Waals surface area contributed by atoms with Crippen LogP contribution in [0.5, 0.6) is 0 Å². The summed E-state index contributed by atoms with van der Waals surface area (Å²) in [7, 11) is 0. The van der Waals surface area contributed by atoms with Crippen LogP contribution in [-0.4, -0.2) is 4.98 Å². The molecule has 1 heterocycles. The Bertz CT molecular complexity index is 1150. The summed E-state index contributed by atoms with van der Waals surface area (Å²) in [4.78, 5) is 3.81. The van der Waals surface area contributed by atoms with Crippen molar-refractivity contribution in [2.24, 2.45) is 0 Å². The maximum atomic E-state index is 3.81. The van der Waals surface area contributed by atoms with Gasteiger partial charge in [-0.3, -0.25) is 0 Å². The first kappa shape index (κ1) is 41.1. The molecule has 274 valence electrons. The average Bonchev–Trinajstić information content (AvgIpc) is 3.59. The number of benzene rings is 2. The minimum atomic E-state index is 0.00439. The first-order valence-corrected chi connectivity index (χ1v) is 21.3. The van der Waals surface area contributed by atoms with E-state index >= 15 is 0 Å². The van der Waals surface area contributed by atoms with E-state index in [2.05, 4.69) is 103 Å². The highest BCUT2D eigenvalue weighted by molar-refractivity contribution is 5.32. The Morgan fingerprint density at radius 3 is 1.45 bits per heavy atom. The molecule has 3 aromatic rings. The smallest absolute Gasteiger partial charge is 0.247 e. The third-order valence-corrected chi connectivity index (χ3v) is 11.3. The van der Waals surface area contributed by atoms with Gasteiger partial charge in [0.05, 0.1) is 12.5 Å². The fraction of sp³-hybridized carbons (Fsp3) is 0.681. The molecule has 0 saturated heterocycles. The predicted molar refractivity (Wildman–Crippen MR) is 214 cm³/mol. The average molecular weight is 670 g/mol. The highest BCUT2D eigenvalue weighted by Gasteiger charge is 2.41. The Morgan fingerprint density at radius 2 is 0.959 bits per heavy atom. The van der Waals surface area contributed by atoms with Gasteiger partial charge in [0, 0.05) is 5.41 Å². The molecule has 2 atom stereocenters. The van der Waals surface area contributed by atoms with Crippen LogP contribution < -0.4 is 4.57 Å². The molecule has 0 bridgehead atoms. The molecule has 2 unspecified atom stereocenters. The molecule has 0 fully saturated rings. The number of aryl methyl sites for hydroxylation is 1. The zero-order chi connectivity index (χ0) is 34.7. The van der Waals surface area contributed by atoms with Crippen LogP contribution in [0.15, 0.2) is 73.1 Å². The van der Waals surface area contributed by atoms with Gasteiger partial charge in [-0.05, 0) is 36.8 Å². The summed E-state index contributed by atoms with van der Waals surface area (Å²) in [6, 6.07) is 22.7. The van der Waals surface area contributed by atoms with Crippen LogP contribution in [0.1, 0.15) is 204 Å². The van der Waals surface area contributed by atoms with Gasteiger partial charge in [0.25, 0.3) is 5.82 Å². The Balaban J connectivity index is 1.52. The third-order valence-electron chi connectivity index (χ3n) is 11.3. The molecule has 0 amide bonds. The van der Waals surface area contributed by atoms with Gasteiger partial charge in [0.2, 0.25) is 0 Å². The van der Waals surface area contributed by atoms with Gasteiger partial charge in [-0.25, -0.2) is 9.55 Å². The Morgan fingerprint density at radius 1 is 0.531 bits per heavy atom. The maximum Gasteiger partial charge on any atom is 0.258 e. The highest BCUT2D eigenvalue weighted by Crippen LogP contribution is 2.43. The number of H-pyrrole nitrogens is 1. The fourth-order valence-electron chi connectivity index (χ4n) is 8.21. The monoisotopic (exact) mass is 670 g/mol. The van der Waals surface area contributed by atoms with E-state index in [1.807, 2.05) is 0 Å². The number of unbranched alkanes of at least 4 members (excludes halogenated alkanes) is 22. The lowest BCUT2D eigenvalue weighted by atomic mass is 9.66. The second-order valence-corrected chi connectivity index (χ2v) is 15.6. The van der Waals surface area contributed by atoms with Gasteiger partial charge in [-0.2, -0.15) is 0 Å². The molecule has 0 aliphatic rings. The fourth-order valence-corrected chi connectivity index (χ4v) is 8.21. The predicted octanol–water partition coefficient (Wildman–Crippen LogP) is 14.4. The van der Waals surface area contributed by atoms with Gasteiger partial charge in [-0.15, -0.1) is 0 Å². The van der Waals surface area contributed by atoms with E-state index in [1.54, 1.807) is 0 Å². The molecule has 0 spiro atoms. The maximum absolute atomic E-state index is 3.81. The van der Waals surface area contributed by atoms with Crippen molar-refractivity contribution >= 4 is 0 Å². The van der Waals surface area contributed by atoms with Gasteiger partial charge in [0.15, 0.2) is 0 Å². The lowest BCUT2D eigenvalue weighted by Crippen LogP contribution is -2.43. The summed E-state index contributed by atoms with van der Waals surface area (Å²) in [5.74, 6) is 1.87.